The molecule has 2 aromatic carbocycles. The molecular formula is C24H26N4O. The van der Waals surface area contributed by atoms with E-state index in [1.807, 2.05) is 48.0 Å². The standard InChI is InChI=1S/C24H26N4O/c1-4-19(13-15-25-3)14-16-26-24(29)23-21-7-5-6-8-22(21)28(27-23)17-20-11-9-18(2)10-12-20/h4-13,15H,3,14,16-17H2,1-2H3,(H,26,29)/b15-13-,19-4+. The van der Waals surface area contributed by atoms with Gasteiger partial charge in [-0.15, -0.1) is 0 Å². The van der Waals surface area contributed by atoms with Gasteiger partial charge in [-0.3, -0.25) is 14.5 Å². The van der Waals surface area contributed by atoms with Crippen LogP contribution in [0.15, 0.2) is 77.4 Å². The Morgan fingerprint density at radius 1 is 1.21 bits per heavy atom. The van der Waals surface area contributed by atoms with Crippen LogP contribution in [0, 0.1) is 6.92 Å². The molecule has 5 heteroatoms. The third kappa shape index (κ3) is 5.08. The number of para-hydroxylation sites is 1. The maximum atomic E-state index is 12.8. The number of aromatic nitrogens is 2. The van der Waals surface area contributed by atoms with Gasteiger partial charge >= 0.3 is 0 Å². The fourth-order valence-electron chi connectivity index (χ4n) is 3.16. The maximum Gasteiger partial charge on any atom is 0.272 e. The van der Waals surface area contributed by atoms with Crippen LogP contribution in [0.4, 0.5) is 0 Å². The number of hydrogen-bond acceptors (Lipinski definition) is 3. The van der Waals surface area contributed by atoms with Gasteiger partial charge in [0.05, 0.1) is 12.1 Å². The monoisotopic (exact) mass is 386 g/mol. The molecule has 1 amide bonds. The maximum absolute atomic E-state index is 12.8. The summed E-state index contributed by atoms with van der Waals surface area (Å²) >= 11 is 0. The van der Waals surface area contributed by atoms with Crippen molar-refractivity contribution in [2.45, 2.75) is 26.8 Å². The van der Waals surface area contributed by atoms with E-state index in [0.717, 1.165) is 28.5 Å². The molecule has 1 aromatic heterocycles. The average Bonchev–Trinajstić information content (AvgIpc) is 3.11. The van der Waals surface area contributed by atoms with E-state index in [0.29, 0.717) is 18.8 Å². The Morgan fingerprint density at radius 2 is 1.97 bits per heavy atom. The fourth-order valence-corrected chi connectivity index (χ4v) is 3.16. The first-order chi connectivity index (χ1) is 14.1. The normalized spacial score (nSPS) is 11.9. The lowest BCUT2D eigenvalue weighted by atomic mass is 10.1. The van der Waals surface area contributed by atoms with Crippen molar-refractivity contribution in [3.05, 3.63) is 89.3 Å². The largest absolute Gasteiger partial charge is 0.350 e. The second-order valence-corrected chi connectivity index (χ2v) is 6.88. The van der Waals surface area contributed by atoms with E-state index in [1.165, 1.54) is 5.56 Å². The van der Waals surface area contributed by atoms with E-state index in [2.05, 4.69) is 53.3 Å². The molecule has 5 nitrogen and oxygen atoms in total. The topological polar surface area (TPSA) is 59.3 Å². The van der Waals surface area contributed by atoms with E-state index in [4.69, 9.17) is 0 Å². The molecule has 0 spiro atoms. The Bertz CT molecular complexity index is 1060. The second-order valence-electron chi connectivity index (χ2n) is 6.88. The van der Waals surface area contributed by atoms with Crippen LogP contribution < -0.4 is 5.32 Å². The third-order valence-corrected chi connectivity index (χ3v) is 4.79. The first-order valence-electron chi connectivity index (χ1n) is 9.69. The number of carbonyl (C=O) groups is 1. The predicted octanol–water partition coefficient (Wildman–Crippen LogP) is 4.67. The van der Waals surface area contributed by atoms with E-state index < -0.39 is 0 Å². The van der Waals surface area contributed by atoms with Crippen molar-refractivity contribution >= 4 is 23.5 Å². The van der Waals surface area contributed by atoms with E-state index >= 15 is 0 Å². The Balaban J connectivity index is 1.77. The lowest BCUT2D eigenvalue weighted by Gasteiger charge is -2.05. The molecule has 0 saturated carbocycles. The molecule has 0 radical (unpaired) electrons. The smallest absolute Gasteiger partial charge is 0.272 e. The molecule has 0 aliphatic heterocycles. The van der Waals surface area contributed by atoms with Crippen molar-refractivity contribution in [2.75, 3.05) is 6.54 Å². The van der Waals surface area contributed by atoms with E-state index in [-0.39, 0.29) is 5.91 Å². The number of benzene rings is 2. The van der Waals surface area contributed by atoms with E-state index in [9.17, 15) is 4.79 Å². The van der Waals surface area contributed by atoms with Crippen LogP contribution in [0.5, 0.6) is 0 Å². The summed E-state index contributed by atoms with van der Waals surface area (Å²) in [6, 6.07) is 16.2. The number of amides is 1. The Kier molecular flexibility index (Phi) is 6.74. The molecule has 0 saturated heterocycles. The third-order valence-electron chi connectivity index (χ3n) is 4.79. The summed E-state index contributed by atoms with van der Waals surface area (Å²) in [6.45, 7) is 8.62. The molecule has 1 heterocycles. The second kappa shape index (κ2) is 9.64. The van der Waals surface area contributed by atoms with Crippen LogP contribution >= 0.6 is 0 Å². The summed E-state index contributed by atoms with van der Waals surface area (Å²) in [5.41, 5.74) is 4.87. The highest BCUT2D eigenvalue weighted by Crippen LogP contribution is 2.20. The van der Waals surface area contributed by atoms with Gasteiger partial charge in [-0.1, -0.05) is 54.1 Å². The average molecular weight is 386 g/mol. The minimum absolute atomic E-state index is 0.162. The van der Waals surface area contributed by atoms with Gasteiger partial charge in [0, 0.05) is 18.1 Å². The Hall–Kier alpha value is -3.47. The van der Waals surface area contributed by atoms with E-state index in [1.54, 1.807) is 6.20 Å². The number of nitrogens with zero attached hydrogens (tertiary/aromatic N) is 3. The molecule has 3 aromatic rings. The summed E-state index contributed by atoms with van der Waals surface area (Å²) in [5.74, 6) is -0.162. The van der Waals surface area contributed by atoms with Crippen molar-refractivity contribution in [3.8, 4) is 0 Å². The summed E-state index contributed by atoms with van der Waals surface area (Å²) < 4.78 is 1.89. The number of fused-ring (bicyclic) bond motifs is 1. The van der Waals surface area contributed by atoms with Gasteiger partial charge in [0.15, 0.2) is 5.69 Å². The fraction of sp³-hybridized carbons (Fsp3) is 0.208. The van der Waals surface area contributed by atoms with Crippen molar-refractivity contribution in [1.29, 1.82) is 0 Å². The summed E-state index contributed by atoms with van der Waals surface area (Å²) in [4.78, 5) is 16.5. The number of allylic oxidation sites excluding steroid dienone is 2. The Morgan fingerprint density at radius 3 is 2.69 bits per heavy atom. The summed E-state index contributed by atoms with van der Waals surface area (Å²) in [6.07, 6.45) is 6.26. The van der Waals surface area contributed by atoms with Gasteiger partial charge < -0.3 is 5.32 Å². The van der Waals surface area contributed by atoms with Crippen molar-refractivity contribution < 1.29 is 4.79 Å². The van der Waals surface area contributed by atoms with Crippen molar-refractivity contribution in [1.82, 2.24) is 15.1 Å². The van der Waals surface area contributed by atoms with Gasteiger partial charge in [0.2, 0.25) is 0 Å². The highest BCUT2D eigenvalue weighted by molar-refractivity contribution is 6.04. The van der Waals surface area contributed by atoms with Gasteiger partial charge in [0.1, 0.15) is 0 Å². The van der Waals surface area contributed by atoms with Crippen LogP contribution in [0.3, 0.4) is 0 Å². The molecule has 0 unspecified atom stereocenters. The molecule has 3 rings (SSSR count). The van der Waals surface area contributed by atoms with Crippen LogP contribution in [0.1, 0.15) is 35.0 Å². The predicted molar refractivity (Wildman–Crippen MR) is 119 cm³/mol. The van der Waals surface area contributed by atoms with Crippen LogP contribution in [-0.4, -0.2) is 28.9 Å². The molecule has 0 fully saturated rings. The molecule has 0 bridgehead atoms. The van der Waals surface area contributed by atoms with Crippen molar-refractivity contribution in [3.63, 3.8) is 0 Å². The molecule has 0 atom stereocenters. The summed E-state index contributed by atoms with van der Waals surface area (Å²) in [7, 11) is 0. The minimum atomic E-state index is -0.162. The number of hydrogen-bond donors (Lipinski definition) is 1. The molecule has 0 aliphatic rings. The Labute approximate surface area is 171 Å². The first-order valence-corrected chi connectivity index (χ1v) is 9.69. The lowest BCUT2D eigenvalue weighted by Crippen LogP contribution is -2.25. The van der Waals surface area contributed by atoms with Crippen LogP contribution in [-0.2, 0) is 6.54 Å². The van der Waals surface area contributed by atoms with Crippen LogP contribution in [0.25, 0.3) is 10.9 Å². The lowest BCUT2D eigenvalue weighted by molar-refractivity contribution is 0.0950. The number of nitrogens with one attached hydrogen (secondary N) is 1. The van der Waals surface area contributed by atoms with Crippen LogP contribution in [0.2, 0.25) is 0 Å². The minimum Gasteiger partial charge on any atom is -0.350 e. The quantitative estimate of drug-likeness (QED) is 0.452. The zero-order chi connectivity index (χ0) is 20.6. The summed E-state index contributed by atoms with van der Waals surface area (Å²) in [5, 5.41) is 8.47. The highest BCUT2D eigenvalue weighted by Gasteiger charge is 2.16. The van der Waals surface area contributed by atoms with Gasteiger partial charge in [-0.05, 0) is 50.3 Å². The van der Waals surface area contributed by atoms with Gasteiger partial charge in [-0.25, -0.2) is 0 Å². The molecular weight excluding hydrogens is 360 g/mol. The number of aliphatic imine (C=N–C) groups is 1. The molecule has 29 heavy (non-hydrogen) atoms. The number of aryl methyl sites for hydroxylation is 1. The highest BCUT2D eigenvalue weighted by atomic mass is 16.1. The first kappa shape index (κ1) is 20.3. The zero-order valence-electron chi connectivity index (χ0n) is 16.9. The van der Waals surface area contributed by atoms with Gasteiger partial charge in [0.25, 0.3) is 5.91 Å². The molecule has 0 aliphatic carbocycles. The molecule has 1 N–H and O–H groups in total. The van der Waals surface area contributed by atoms with Crippen molar-refractivity contribution in [2.24, 2.45) is 4.99 Å². The number of carbonyl (C=O) groups excluding carboxylic acids is 1. The number of rotatable bonds is 8. The zero-order valence-corrected chi connectivity index (χ0v) is 16.9. The van der Waals surface area contributed by atoms with Gasteiger partial charge in [-0.2, -0.15) is 5.10 Å². The molecule has 148 valence electrons. The SMILES string of the molecule is C=N/C=C\C(=C/C)CCNC(=O)c1nn(Cc2ccc(C)cc2)c2ccccc12.